The number of hydrogen-bond acceptors (Lipinski definition) is 7. The Morgan fingerprint density at radius 3 is 2.80 bits per heavy atom. The Hall–Kier alpha value is -2.75. The summed E-state index contributed by atoms with van der Waals surface area (Å²) in [4.78, 5) is 17.4. The molecule has 1 unspecified atom stereocenters. The molecule has 1 atom stereocenters. The van der Waals surface area contributed by atoms with Crippen LogP contribution in [0, 0.1) is 6.92 Å². The maximum Gasteiger partial charge on any atom is 0.234 e. The Labute approximate surface area is 212 Å². The number of amides is 1. The zero-order chi connectivity index (χ0) is 23.8. The normalized spacial score (nSPS) is 17.8. The molecule has 7 nitrogen and oxygen atoms in total. The molecule has 2 aromatic carbocycles. The number of thiazole rings is 1. The van der Waals surface area contributed by atoms with Crippen molar-refractivity contribution in [1.29, 1.82) is 0 Å². The van der Waals surface area contributed by atoms with Crippen LogP contribution in [0.3, 0.4) is 0 Å². The average molecular weight is 506 g/mol. The summed E-state index contributed by atoms with van der Waals surface area (Å²) in [5.74, 6) is 1.78. The van der Waals surface area contributed by atoms with Gasteiger partial charge in [0.15, 0.2) is 5.16 Å². The topological polar surface area (TPSA) is 81.9 Å². The Bertz CT molecular complexity index is 1350. The van der Waals surface area contributed by atoms with Crippen LogP contribution in [0.1, 0.15) is 43.0 Å². The molecule has 2 aromatic heterocycles. The summed E-state index contributed by atoms with van der Waals surface area (Å²) in [7, 11) is 0. The van der Waals surface area contributed by atoms with Gasteiger partial charge in [-0.25, -0.2) is 4.98 Å². The van der Waals surface area contributed by atoms with Crippen molar-refractivity contribution in [2.75, 3.05) is 17.7 Å². The second kappa shape index (κ2) is 9.72. The molecule has 0 bridgehead atoms. The third kappa shape index (κ3) is 5.12. The van der Waals surface area contributed by atoms with E-state index in [1.165, 1.54) is 34.9 Å². The first kappa shape index (κ1) is 22.7. The number of carbonyl (C=O) groups is 1. The Balaban J connectivity index is 1.09. The molecule has 1 N–H and O–H groups in total. The van der Waals surface area contributed by atoms with Gasteiger partial charge in [0.1, 0.15) is 10.8 Å². The molecule has 6 rings (SSSR count). The Morgan fingerprint density at radius 1 is 1.17 bits per heavy atom. The summed E-state index contributed by atoms with van der Waals surface area (Å²) >= 11 is 3.13. The number of nitrogens with one attached hydrogen (secondary N) is 1. The Morgan fingerprint density at radius 2 is 2.03 bits per heavy atom. The molecule has 1 aliphatic carbocycles. The molecule has 1 aliphatic heterocycles. The molecular weight excluding hydrogens is 478 g/mol. The van der Waals surface area contributed by atoms with Crippen molar-refractivity contribution in [3.8, 4) is 10.6 Å². The predicted octanol–water partition coefficient (Wildman–Crippen LogP) is 5.65. The minimum absolute atomic E-state index is 0.0575. The average Bonchev–Trinajstić information content (AvgIpc) is 3.23. The molecule has 1 amide bonds. The monoisotopic (exact) mass is 505 g/mol. The highest BCUT2D eigenvalue weighted by Crippen LogP contribution is 2.40. The highest BCUT2D eigenvalue weighted by molar-refractivity contribution is 7.99. The van der Waals surface area contributed by atoms with Crippen LogP contribution in [0.4, 0.5) is 5.69 Å². The predicted molar refractivity (Wildman–Crippen MR) is 140 cm³/mol. The quantitative estimate of drug-likeness (QED) is 0.312. The number of thioether (sulfide) groups is 1. The number of rotatable bonds is 8. The fourth-order valence-corrected chi connectivity index (χ4v) is 6.22. The second-order valence-electron chi connectivity index (χ2n) is 9.27. The smallest absolute Gasteiger partial charge is 0.234 e. The van der Waals surface area contributed by atoms with Gasteiger partial charge in [-0.3, -0.25) is 4.79 Å². The highest BCUT2D eigenvalue weighted by atomic mass is 32.2. The van der Waals surface area contributed by atoms with E-state index in [0.717, 1.165) is 58.7 Å². The van der Waals surface area contributed by atoms with Gasteiger partial charge in [0.05, 0.1) is 28.6 Å². The van der Waals surface area contributed by atoms with Gasteiger partial charge < -0.3 is 14.6 Å². The lowest BCUT2D eigenvalue weighted by Crippen LogP contribution is -2.19. The summed E-state index contributed by atoms with van der Waals surface area (Å²) in [5, 5.41) is 13.6. The molecule has 180 valence electrons. The first-order valence-electron chi connectivity index (χ1n) is 12.1. The zero-order valence-electron chi connectivity index (χ0n) is 19.6. The number of nitrogens with zero attached hydrogens (tertiary/aromatic N) is 4. The summed E-state index contributed by atoms with van der Waals surface area (Å²) < 4.78 is 9.20. The fraction of sp³-hybridized carbons (Fsp3) is 0.385. The van der Waals surface area contributed by atoms with E-state index >= 15 is 0 Å². The van der Waals surface area contributed by atoms with Crippen molar-refractivity contribution in [1.82, 2.24) is 19.7 Å². The van der Waals surface area contributed by atoms with E-state index in [1.54, 1.807) is 11.3 Å². The SMILES string of the molecule is Cc1ccc2nc(-c3ccc(NC(=O)CSc4nnc(C5CC5)n4CC4CCCO4)cc3)sc2c1. The number of aromatic nitrogens is 4. The second-order valence-corrected chi connectivity index (χ2v) is 11.2. The van der Waals surface area contributed by atoms with Gasteiger partial charge in [0.2, 0.25) is 5.91 Å². The van der Waals surface area contributed by atoms with E-state index < -0.39 is 0 Å². The van der Waals surface area contributed by atoms with Crippen LogP contribution in [-0.2, 0) is 16.1 Å². The highest BCUT2D eigenvalue weighted by Gasteiger charge is 2.32. The van der Waals surface area contributed by atoms with E-state index in [2.05, 4.69) is 45.2 Å². The van der Waals surface area contributed by atoms with Crippen molar-refractivity contribution >= 4 is 44.9 Å². The van der Waals surface area contributed by atoms with Crippen LogP contribution in [0.15, 0.2) is 47.6 Å². The van der Waals surface area contributed by atoms with Gasteiger partial charge in [0.25, 0.3) is 0 Å². The maximum absolute atomic E-state index is 12.7. The summed E-state index contributed by atoms with van der Waals surface area (Å²) in [6.07, 6.45) is 4.73. The van der Waals surface area contributed by atoms with Crippen molar-refractivity contribution in [3.63, 3.8) is 0 Å². The van der Waals surface area contributed by atoms with Crippen molar-refractivity contribution in [2.45, 2.75) is 56.3 Å². The first-order valence-corrected chi connectivity index (χ1v) is 13.9. The molecule has 1 saturated carbocycles. The van der Waals surface area contributed by atoms with Crippen molar-refractivity contribution in [2.24, 2.45) is 0 Å². The molecular formula is C26H27N5O2S2. The van der Waals surface area contributed by atoms with E-state index in [0.29, 0.717) is 5.92 Å². The lowest BCUT2D eigenvalue weighted by Gasteiger charge is -2.14. The fourth-order valence-electron chi connectivity index (χ4n) is 4.39. The first-order chi connectivity index (χ1) is 17.1. The largest absolute Gasteiger partial charge is 0.376 e. The van der Waals surface area contributed by atoms with Crippen LogP contribution >= 0.6 is 23.1 Å². The number of fused-ring (bicyclic) bond motifs is 1. The molecule has 3 heterocycles. The molecule has 2 fully saturated rings. The zero-order valence-corrected chi connectivity index (χ0v) is 21.2. The van der Waals surface area contributed by atoms with Crippen LogP contribution in [0.2, 0.25) is 0 Å². The third-order valence-electron chi connectivity index (χ3n) is 6.39. The number of benzene rings is 2. The van der Waals surface area contributed by atoms with Crippen LogP contribution < -0.4 is 5.32 Å². The van der Waals surface area contributed by atoms with Crippen molar-refractivity contribution < 1.29 is 9.53 Å². The molecule has 0 spiro atoms. The van der Waals surface area contributed by atoms with Gasteiger partial charge in [-0.2, -0.15) is 0 Å². The number of hydrogen-bond donors (Lipinski definition) is 1. The number of anilines is 1. The lowest BCUT2D eigenvalue weighted by atomic mass is 10.2. The summed E-state index contributed by atoms with van der Waals surface area (Å²) in [6, 6.07) is 14.2. The third-order valence-corrected chi connectivity index (χ3v) is 8.42. The number of aryl methyl sites for hydroxylation is 1. The van der Waals surface area contributed by atoms with Gasteiger partial charge in [-0.15, -0.1) is 21.5 Å². The minimum Gasteiger partial charge on any atom is -0.376 e. The minimum atomic E-state index is -0.0575. The van der Waals surface area contributed by atoms with Gasteiger partial charge >= 0.3 is 0 Å². The van der Waals surface area contributed by atoms with Gasteiger partial charge in [-0.05, 0) is 74.6 Å². The van der Waals surface area contributed by atoms with Gasteiger partial charge in [0, 0.05) is 23.8 Å². The number of carbonyl (C=O) groups excluding carboxylic acids is 1. The van der Waals surface area contributed by atoms with E-state index in [-0.39, 0.29) is 17.8 Å². The van der Waals surface area contributed by atoms with Crippen LogP contribution in [0.25, 0.3) is 20.8 Å². The van der Waals surface area contributed by atoms with Crippen molar-refractivity contribution in [3.05, 3.63) is 53.9 Å². The standard InChI is InChI=1S/C26H27N5O2S2/c1-16-4-11-21-22(13-16)35-25(28-21)18-7-9-19(10-8-18)27-23(32)15-34-26-30-29-24(17-5-6-17)31(26)14-20-3-2-12-33-20/h4,7-11,13,17,20H,2-3,5-6,12,14-15H2,1H3,(H,27,32). The van der Waals surface area contributed by atoms with E-state index in [4.69, 9.17) is 9.72 Å². The molecule has 0 radical (unpaired) electrons. The molecule has 35 heavy (non-hydrogen) atoms. The molecule has 4 aromatic rings. The van der Waals surface area contributed by atoms with Crippen LogP contribution in [0.5, 0.6) is 0 Å². The molecule has 2 aliphatic rings. The lowest BCUT2D eigenvalue weighted by molar-refractivity contribution is -0.113. The summed E-state index contributed by atoms with van der Waals surface area (Å²) in [5.41, 5.74) is 4.07. The van der Waals surface area contributed by atoms with Crippen LogP contribution in [-0.4, -0.2) is 44.1 Å². The van der Waals surface area contributed by atoms with E-state index in [9.17, 15) is 4.79 Å². The molecule has 1 saturated heterocycles. The Kier molecular flexibility index (Phi) is 6.30. The van der Waals surface area contributed by atoms with E-state index in [1.807, 2.05) is 24.3 Å². The summed E-state index contributed by atoms with van der Waals surface area (Å²) in [6.45, 7) is 3.69. The van der Waals surface area contributed by atoms with Gasteiger partial charge in [-0.1, -0.05) is 17.8 Å². The number of ether oxygens (including phenoxy) is 1. The molecule has 9 heteroatoms. The maximum atomic E-state index is 12.7.